The van der Waals surface area contributed by atoms with Gasteiger partial charge in [-0.2, -0.15) is 9.61 Å². The number of fused-ring (bicyclic) bond motifs is 1. The Kier molecular flexibility index (Phi) is 3.80. The molecule has 3 rings (SSSR count). The van der Waals surface area contributed by atoms with Crippen LogP contribution in [-0.4, -0.2) is 35.2 Å². The van der Waals surface area contributed by atoms with E-state index in [0.717, 1.165) is 18.4 Å². The van der Waals surface area contributed by atoms with E-state index in [4.69, 9.17) is 0 Å². The number of halogens is 1. The second-order valence-corrected chi connectivity index (χ2v) is 7.24. The molecule has 0 fully saturated rings. The Morgan fingerprint density at radius 2 is 1.92 bits per heavy atom. The second-order valence-electron chi connectivity index (χ2n) is 5.26. The summed E-state index contributed by atoms with van der Waals surface area (Å²) in [6.07, 6.45) is 2.19. The van der Waals surface area contributed by atoms with Gasteiger partial charge in [0.25, 0.3) is 5.91 Å². The second kappa shape index (κ2) is 5.68. The Hall–Kier alpha value is -2.81. The highest BCUT2D eigenvalue weighted by Crippen LogP contribution is 2.22. The van der Waals surface area contributed by atoms with Gasteiger partial charge in [-0.15, -0.1) is 0 Å². The zero-order valence-electron chi connectivity index (χ0n) is 12.8. The summed E-state index contributed by atoms with van der Waals surface area (Å²) < 4.78 is 38.2. The molecule has 124 valence electrons. The van der Waals surface area contributed by atoms with Crippen LogP contribution in [0.2, 0.25) is 0 Å². The summed E-state index contributed by atoms with van der Waals surface area (Å²) in [7, 11) is -3.65. The average molecular weight is 348 g/mol. The fourth-order valence-corrected chi connectivity index (χ4v) is 2.93. The van der Waals surface area contributed by atoms with Crippen LogP contribution in [0.25, 0.3) is 5.65 Å². The molecule has 9 heteroatoms. The number of aryl methyl sites for hydroxylation is 1. The van der Waals surface area contributed by atoms with Crippen molar-refractivity contribution in [1.29, 1.82) is 0 Å². The third-order valence-corrected chi connectivity index (χ3v) is 4.41. The highest BCUT2D eigenvalue weighted by Gasteiger charge is 2.21. The molecule has 2 heterocycles. The normalized spacial score (nSPS) is 11.6. The number of nitrogens with one attached hydrogen (secondary N) is 1. The number of aromatic nitrogens is 3. The lowest BCUT2D eigenvalue weighted by atomic mass is 10.2. The highest BCUT2D eigenvalue weighted by atomic mass is 32.2. The lowest BCUT2D eigenvalue weighted by molar-refractivity contribution is 0.102. The number of hydrogen-bond acceptors (Lipinski definition) is 5. The quantitative estimate of drug-likeness (QED) is 0.779. The molecule has 1 N–H and O–H groups in total. The van der Waals surface area contributed by atoms with Crippen molar-refractivity contribution in [2.75, 3.05) is 11.6 Å². The molecule has 0 bridgehead atoms. The van der Waals surface area contributed by atoms with E-state index in [9.17, 15) is 17.6 Å². The van der Waals surface area contributed by atoms with Crippen molar-refractivity contribution >= 4 is 27.2 Å². The summed E-state index contributed by atoms with van der Waals surface area (Å²) in [6.45, 7) is 1.72. The van der Waals surface area contributed by atoms with Crippen LogP contribution in [0.15, 0.2) is 41.4 Å². The van der Waals surface area contributed by atoms with E-state index < -0.39 is 21.6 Å². The topological polar surface area (TPSA) is 93.4 Å². The summed E-state index contributed by atoms with van der Waals surface area (Å²) >= 11 is 0. The summed E-state index contributed by atoms with van der Waals surface area (Å²) in [4.78, 5) is 16.2. The first-order chi connectivity index (χ1) is 11.3. The van der Waals surface area contributed by atoms with Crippen LogP contribution in [0, 0.1) is 12.7 Å². The average Bonchev–Trinajstić information content (AvgIpc) is 2.87. The monoisotopic (exact) mass is 348 g/mol. The molecule has 0 aliphatic rings. The molecule has 1 amide bonds. The molecule has 2 aromatic heterocycles. The molecular formula is C15H13FN4O3S. The van der Waals surface area contributed by atoms with E-state index in [1.807, 2.05) is 0 Å². The minimum Gasteiger partial charge on any atom is -0.305 e. The van der Waals surface area contributed by atoms with Gasteiger partial charge in [-0.3, -0.25) is 4.79 Å². The van der Waals surface area contributed by atoms with E-state index in [0.29, 0.717) is 11.3 Å². The van der Waals surface area contributed by atoms with Gasteiger partial charge in [0, 0.05) is 17.9 Å². The van der Waals surface area contributed by atoms with Gasteiger partial charge in [0.15, 0.2) is 21.3 Å². The Bertz CT molecular complexity index is 1040. The Morgan fingerprint density at radius 3 is 2.54 bits per heavy atom. The summed E-state index contributed by atoms with van der Waals surface area (Å²) in [5.41, 5.74) is 1.20. The summed E-state index contributed by atoms with van der Waals surface area (Å²) in [5.74, 6) is -1.07. The fraction of sp³-hybridized carbons (Fsp3) is 0.133. The number of sulfone groups is 1. The number of anilines is 1. The third-order valence-electron chi connectivity index (χ3n) is 3.31. The highest BCUT2D eigenvalue weighted by molar-refractivity contribution is 7.90. The summed E-state index contributed by atoms with van der Waals surface area (Å²) in [6, 6.07) is 6.55. The van der Waals surface area contributed by atoms with Crippen molar-refractivity contribution in [2.24, 2.45) is 0 Å². The van der Waals surface area contributed by atoms with Gasteiger partial charge in [0.2, 0.25) is 0 Å². The number of benzene rings is 1. The van der Waals surface area contributed by atoms with Gasteiger partial charge >= 0.3 is 0 Å². The first-order valence-corrected chi connectivity index (χ1v) is 8.77. The SMILES string of the molecule is Cc1cc2ncc(S(C)(=O)=O)c(NC(=O)c3ccc(F)cc3)n2n1. The van der Waals surface area contributed by atoms with E-state index in [2.05, 4.69) is 15.4 Å². The minimum atomic E-state index is -3.65. The maximum Gasteiger partial charge on any atom is 0.256 e. The van der Waals surface area contributed by atoms with Gasteiger partial charge in [-0.1, -0.05) is 0 Å². The Balaban J connectivity index is 2.13. The minimum absolute atomic E-state index is 0.00933. The van der Waals surface area contributed by atoms with E-state index >= 15 is 0 Å². The number of nitrogens with zero attached hydrogens (tertiary/aromatic N) is 3. The molecule has 0 saturated carbocycles. The molecular weight excluding hydrogens is 335 g/mol. The van der Waals surface area contributed by atoms with Gasteiger partial charge in [0.1, 0.15) is 10.7 Å². The van der Waals surface area contributed by atoms with Crippen molar-refractivity contribution in [2.45, 2.75) is 11.8 Å². The molecule has 0 radical (unpaired) electrons. The van der Waals surface area contributed by atoms with E-state index in [1.165, 1.54) is 22.8 Å². The Labute approximate surface area is 137 Å². The molecule has 0 aliphatic heterocycles. The predicted octanol–water partition coefficient (Wildman–Crippen LogP) is 1.83. The van der Waals surface area contributed by atoms with Gasteiger partial charge < -0.3 is 5.32 Å². The van der Waals surface area contributed by atoms with Crippen LogP contribution < -0.4 is 5.32 Å². The lowest BCUT2D eigenvalue weighted by Crippen LogP contribution is -2.18. The molecule has 0 spiro atoms. The zero-order valence-corrected chi connectivity index (χ0v) is 13.6. The largest absolute Gasteiger partial charge is 0.305 e. The molecule has 0 aliphatic carbocycles. The van der Waals surface area contributed by atoms with E-state index in [1.54, 1.807) is 13.0 Å². The van der Waals surface area contributed by atoms with Crippen LogP contribution in [0.5, 0.6) is 0 Å². The Morgan fingerprint density at radius 1 is 1.25 bits per heavy atom. The summed E-state index contributed by atoms with van der Waals surface area (Å²) in [5, 5.41) is 6.69. The standard InChI is InChI=1S/C15H13FN4O3S/c1-9-7-13-17-8-12(24(2,22)23)14(20(13)19-9)18-15(21)10-3-5-11(16)6-4-10/h3-8H,1-2H3,(H,18,21). The van der Waals surface area contributed by atoms with Crippen molar-refractivity contribution in [3.05, 3.63) is 53.6 Å². The third kappa shape index (κ3) is 2.98. The van der Waals surface area contributed by atoms with E-state index in [-0.39, 0.29) is 16.3 Å². The molecule has 0 unspecified atom stereocenters. The number of carbonyl (C=O) groups excluding carboxylic acids is 1. The van der Waals surface area contributed by atoms with Crippen LogP contribution in [-0.2, 0) is 9.84 Å². The molecule has 7 nitrogen and oxygen atoms in total. The van der Waals surface area contributed by atoms with Gasteiger partial charge in [-0.05, 0) is 31.2 Å². The molecule has 3 aromatic rings. The zero-order chi connectivity index (χ0) is 17.5. The van der Waals surface area contributed by atoms with Crippen LogP contribution in [0.1, 0.15) is 16.1 Å². The molecule has 1 aromatic carbocycles. The van der Waals surface area contributed by atoms with Crippen molar-refractivity contribution < 1.29 is 17.6 Å². The number of hydrogen-bond donors (Lipinski definition) is 1. The number of amides is 1. The smallest absolute Gasteiger partial charge is 0.256 e. The van der Waals surface area contributed by atoms with Crippen molar-refractivity contribution in [3.8, 4) is 0 Å². The van der Waals surface area contributed by atoms with Gasteiger partial charge in [0.05, 0.1) is 11.9 Å². The molecule has 0 atom stereocenters. The maximum absolute atomic E-state index is 13.0. The van der Waals surface area contributed by atoms with Gasteiger partial charge in [-0.25, -0.2) is 17.8 Å². The van der Waals surface area contributed by atoms with Crippen LogP contribution >= 0.6 is 0 Å². The fourth-order valence-electron chi connectivity index (χ4n) is 2.20. The van der Waals surface area contributed by atoms with Crippen molar-refractivity contribution in [3.63, 3.8) is 0 Å². The number of rotatable bonds is 3. The molecule has 24 heavy (non-hydrogen) atoms. The van der Waals surface area contributed by atoms with Crippen molar-refractivity contribution in [1.82, 2.24) is 14.6 Å². The first kappa shape index (κ1) is 16.1. The lowest BCUT2D eigenvalue weighted by Gasteiger charge is -2.11. The molecule has 0 saturated heterocycles. The van der Waals surface area contributed by atoms with Crippen LogP contribution in [0.3, 0.4) is 0 Å². The maximum atomic E-state index is 13.0. The predicted molar refractivity (Wildman–Crippen MR) is 85.2 cm³/mol. The first-order valence-electron chi connectivity index (χ1n) is 6.88. The van der Waals surface area contributed by atoms with Crippen LogP contribution in [0.4, 0.5) is 10.2 Å². The number of carbonyl (C=O) groups is 1.